The summed E-state index contributed by atoms with van der Waals surface area (Å²) in [6, 6.07) is 5.56. The van der Waals surface area contributed by atoms with Crippen LogP contribution in [0.25, 0.3) is 0 Å². The highest BCUT2D eigenvalue weighted by Crippen LogP contribution is 2.33. The average Bonchev–Trinajstić information content (AvgIpc) is 2.96. The van der Waals surface area contributed by atoms with E-state index in [-0.39, 0.29) is 35.6 Å². The summed E-state index contributed by atoms with van der Waals surface area (Å²) in [6.07, 6.45) is 1.60. The number of amides is 3. The average molecular weight is 384 g/mol. The molecule has 2 saturated heterocycles. The monoisotopic (exact) mass is 384 g/mol. The maximum Gasteiger partial charge on any atom is 0.255 e. The van der Waals surface area contributed by atoms with Crippen LogP contribution in [0.5, 0.6) is 0 Å². The van der Waals surface area contributed by atoms with Gasteiger partial charge in [-0.15, -0.1) is 0 Å². The zero-order chi connectivity index (χ0) is 20.1. The summed E-state index contributed by atoms with van der Waals surface area (Å²) in [4.78, 5) is 40.8. The summed E-state index contributed by atoms with van der Waals surface area (Å²) in [6.45, 7) is 7.31. The van der Waals surface area contributed by atoms with Gasteiger partial charge in [0, 0.05) is 44.2 Å². The van der Waals surface area contributed by atoms with Gasteiger partial charge in [-0.1, -0.05) is 32.0 Å². The smallest absolute Gasteiger partial charge is 0.255 e. The third-order valence-corrected chi connectivity index (χ3v) is 6.42. The van der Waals surface area contributed by atoms with Gasteiger partial charge >= 0.3 is 0 Å². The SMILES string of the molecule is CC1(C)CN(Cc2cccc3c2C(=O)N(C2CCC(=O)NC2=O)C3)CCC1N. The van der Waals surface area contributed by atoms with Gasteiger partial charge in [0.05, 0.1) is 0 Å². The third-order valence-electron chi connectivity index (χ3n) is 6.42. The van der Waals surface area contributed by atoms with E-state index < -0.39 is 6.04 Å². The van der Waals surface area contributed by atoms with Gasteiger partial charge in [-0.3, -0.25) is 24.6 Å². The number of carbonyl (C=O) groups excluding carboxylic acids is 3. The zero-order valence-electron chi connectivity index (χ0n) is 16.5. The Morgan fingerprint density at radius 3 is 2.71 bits per heavy atom. The van der Waals surface area contributed by atoms with E-state index in [9.17, 15) is 14.4 Å². The first kappa shape index (κ1) is 19.1. The number of nitrogens with one attached hydrogen (secondary N) is 1. The summed E-state index contributed by atoms with van der Waals surface area (Å²) in [5, 5.41) is 2.36. The van der Waals surface area contributed by atoms with Crippen molar-refractivity contribution in [1.29, 1.82) is 0 Å². The van der Waals surface area contributed by atoms with Crippen LogP contribution in [0.3, 0.4) is 0 Å². The van der Waals surface area contributed by atoms with Crippen LogP contribution >= 0.6 is 0 Å². The molecular formula is C21H28N4O3. The van der Waals surface area contributed by atoms with Gasteiger partial charge in [-0.25, -0.2) is 0 Å². The molecule has 0 spiro atoms. The lowest BCUT2D eigenvalue weighted by atomic mass is 9.79. The third kappa shape index (κ3) is 3.33. The summed E-state index contributed by atoms with van der Waals surface area (Å²) >= 11 is 0. The minimum absolute atomic E-state index is 0.0406. The first-order valence-corrected chi connectivity index (χ1v) is 9.99. The number of nitrogens with two attached hydrogens (primary N) is 1. The van der Waals surface area contributed by atoms with Crippen LogP contribution in [0.4, 0.5) is 0 Å². The molecule has 3 N–H and O–H groups in total. The number of hydrogen-bond acceptors (Lipinski definition) is 5. The molecule has 0 radical (unpaired) electrons. The Kier molecular flexibility index (Phi) is 4.75. The van der Waals surface area contributed by atoms with Gasteiger partial charge in [0.1, 0.15) is 6.04 Å². The van der Waals surface area contributed by atoms with Crippen LogP contribution in [0.1, 0.15) is 54.6 Å². The molecule has 0 aliphatic carbocycles. The minimum atomic E-state index is -0.572. The van der Waals surface area contributed by atoms with E-state index >= 15 is 0 Å². The maximum atomic E-state index is 13.2. The summed E-state index contributed by atoms with van der Waals surface area (Å²) in [7, 11) is 0. The zero-order valence-corrected chi connectivity index (χ0v) is 16.5. The summed E-state index contributed by atoms with van der Waals surface area (Å²) < 4.78 is 0. The second kappa shape index (κ2) is 6.97. The van der Waals surface area contributed by atoms with Crippen molar-refractivity contribution in [2.45, 2.75) is 58.3 Å². The topological polar surface area (TPSA) is 95.7 Å². The van der Waals surface area contributed by atoms with E-state index in [0.717, 1.165) is 36.2 Å². The molecule has 150 valence electrons. The fraction of sp³-hybridized carbons (Fsp3) is 0.571. The standard InChI is InChI=1S/C21H28N4O3/c1-21(2)12-24(9-8-16(21)22)10-13-4-3-5-14-11-25(20(28)18(13)14)15-6-7-17(26)23-19(15)27/h3-5,15-16H,6-12,22H2,1-2H3,(H,23,26,27). The molecule has 2 atom stereocenters. The van der Waals surface area contributed by atoms with Crippen molar-refractivity contribution < 1.29 is 14.4 Å². The molecule has 7 heteroatoms. The van der Waals surface area contributed by atoms with E-state index in [1.54, 1.807) is 4.90 Å². The van der Waals surface area contributed by atoms with Crippen molar-refractivity contribution in [1.82, 2.24) is 15.1 Å². The second-order valence-corrected chi connectivity index (χ2v) is 8.95. The van der Waals surface area contributed by atoms with Crippen molar-refractivity contribution in [3.8, 4) is 0 Å². The molecule has 3 heterocycles. The number of nitrogens with zero attached hydrogens (tertiary/aromatic N) is 2. The van der Waals surface area contributed by atoms with E-state index in [2.05, 4.69) is 24.1 Å². The molecule has 0 aromatic heterocycles. The molecule has 0 saturated carbocycles. The van der Waals surface area contributed by atoms with Crippen LogP contribution in [0.2, 0.25) is 0 Å². The number of imide groups is 1. The van der Waals surface area contributed by atoms with E-state index in [1.807, 2.05) is 18.2 Å². The second-order valence-electron chi connectivity index (χ2n) is 8.95. The molecule has 0 bridgehead atoms. The maximum absolute atomic E-state index is 13.2. The van der Waals surface area contributed by atoms with Crippen molar-refractivity contribution in [2.24, 2.45) is 11.1 Å². The highest BCUT2D eigenvalue weighted by Gasteiger charge is 2.40. The molecule has 2 unspecified atom stereocenters. The van der Waals surface area contributed by atoms with Gasteiger partial charge in [0.2, 0.25) is 11.8 Å². The number of carbonyl (C=O) groups is 3. The predicted molar refractivity (Wildman–Crippen MR) is 104 cm³/mol. The highest BCUT2D eigenvalue weighted by atomic mass is 16.2. The number of fused-ring (bicyclic) bond motifs is 1. The Morgan fingerprint density at radius 2 is 2.00 bits per heavy atom. The number of benzene rings is 1. The molecule has 2 fully saturated rings. The predicted octanol–water partition coefficient (Wildman–Crippen LogP) is 1.01. The number of hydrogen-bond donors (Lipinski definition) is 2. The Bertz CT molecular complexity index is 835. The summed E-state index contributed by atoms with van der Waals surface area (Å²) in [5.41, 5.74) is 8.98. The fourth-order valence-corrected chi connectivity index (χ4v) is 4.68. The quantitative estimate of drug-likeness (QED) is 0.758. The largest absolute Gasteiger partial charge is 0.327 e. The number of rotatable bonds is 3. The van der Waals surface area contributed by atoms with Gasteiger partial charge in [-0.05, 0) is 29.4 Å². The molecule has 3 amide bonds. The van der Waals surface area contributed by atoms with E-state index in [0.29, 0.717) is 19.5 Å². The van der Waals surface area contributed by atoms with E-state index in [1.165, 1.54) is 0 Å². The normalized spacial score (nSPS) is 27.7. The van der Waals surface area contributed by atoms with Crippen LogP contribution < -0.4 is 11.1 Å². The Hall–Kier alpha value is -2.25. The van der Waals surface area contributed by atoms with Crippen molar-refractivity contribution >= 4 is 17.7 Å². The molecule has 7 nitrogen and oxygen atoms in total. The highest BCUT2D eigenvalue weighted by molar-refractivity contribution is 6.05. The first-order valence-electron chi connectivity index (χ1n) is 9.99. The molecule has 1 aromatic rings. The van der Waals surface area contributed by atoms with Crippen molar-refractivity contribution in [2.75, 3.05) is 13.1 Å². The molecule has 3 aliphatic heterocycles. The van der Waals surface area contributed by atoms with Gasteiger partial charge in [0.25, 0.3) is 5.91 Å². The van der Waals surface area contributed by atoms with Crippen LogP contribution in [0.15, 0.2) is 18.2 Å². The fourth-order valence-electron chi connectivity index (χ4n) is 4.68. The lowest BCUT2D eigenvalue weighted by molar-refractivity contribution is -0.136. The van der Waals surface area contributed by atoms with Crippen LogP contribution in [0, 0.1) is 5.41 Å². The minimum Gasteiger partial charge on any atom is -0.327 e. The van der Waals surface area contributed by atoms with E-state index in [4.69, 9.17) is 5.73 Å². The van der Waals surface area contributed by atoms with Gasteiger partial charge in [-0.2, -0.15) is 0 Å². The van der Waals surface area contributed by atoms with Crippen molar-refractivity contribution in [3.05, 3.63) is 34.9 Å². The Balaban J connectivity index is 1.54. The Labute approximate surface area is 165 Å². The number of piperidine rings is 2. The molecule has 4 rings (SSSR count). The first-order chi connectivity index (χ1) is 13.3. The lowest BCUT2D eigenvalue weighted by Crippen LogP contribution is -2.52. The summed E-state index contributed by atoms with van der Waals surface area (Å²) in [5.74, 6) is -0.740. The molecule has 3 aliphatic rings. The number of likely N-dealkylation sites (tertiary alicyclic amines) is 1. The van der Waals surface area contributed by atoms with Crippen LogP contribution in [-0.4, -0.2) is 52.7 Å². The van der Waals surface area contributed by atoms with Gasteiger partial charge in [0.15, 0.2) is 0 Å². The van der Waals surface area contributed by atoms with Crippen LogP contribution in [-0.2, 0) is 22.7 Å². The Morgan fingerprint density at radius 1 is 1.21 bits per heavy atom. The van der Waals surface area contributed by atoms with Gasteiger partial charge < -0.3 is 10.6 Å². The molecule has 1 aromatic carbocycles. The van der Waals surface area contributed by atoms with Crippen molar-refractivity contribution in [3.63, 3.8) is 0 Å². The lowest BCUT2D eigenvalue weighted by Gasteiger charge is -2.42. The molecular weight excluding hydrogens is 356 g/mol. The molecule has 28 heavy (non-hydrogen) atoms.